The van der Waals surface area contributed by atoms with E-state index in [-0.39, 0.29) is 5.82 Å². The highest BCUT2D eigenvalue weighted by atomic mass is 79.9. The van der Waals surface area contributed by atoms with E-state index in [1.807, 2.05) is 26.8 Å². The zero-order valence-electron chi connectivity index (χ0n) is 10.1. The molecule has 90 valence electrons. The first-order valence-electron chi connectivity index (χ1n) is 5.54. The Labute approximate surface area is 108 Å². The molecule has 0 aliphatic heterocycles. The Morgan fingerprint density at radius 3 is 2.71 bits per heavy atom. The van der Waals surface area contributed by atoms with Gasteiger partial charge in [-0.2, -0.15) is 0 Å². The Bertz CT molecular complexity index is 581. The standard InChI is InChI=1S/C13H14BrFN2/c1-4-16-10-6-8(3)17-13-7(2)5-9(15)12(14)11(10)13/h5-6H,4H2,1-3H3,(H,16,17). The summed E-state index contributed by atoms with van der Waals surface area (Å²) in [6, 6.07) is 3.45. The van der Waals surface area contributed by atoms with Crippen LogP contribution in [0.3, 0.4) is 0 Å². The van der Waals surface area contributed by atoms with Crippen molar-refractivity contribution in [3.05, 3.63) is 33.7 Å². The van der Waals surface area contributed by atoms with Crippen molar-refractivity contribution in [3.63, 3.8) is 0 Å². The minimum Gasteiger partial charge on any atom is -0.385 e. The first-order chi connectivity index (χ1) is 8.04. The van der Waals surface area contributed by atoms with Gasteiger partial charge in [0.25, 0.3) is 0 Å². The van der Waals surface area contributed by atoms with Crippen molar-refractivity contribution in [2.24, 2.45) is 0 Å². The monoisotopic (exact) mass is 296 g/mol. The topological polar surface area (TPSA) is 24.9 Å². The predicted molar refractivity (Wildman–Crippen MR) is 73.0 cm³/mol. The summed E-state index contributed by atoms with van der Waals surface area (Å²) in [6.07, 6.45) is 0. The van der Waals surface area contributed by atoms with Gasteiger partial charge in [-0.15, -0.1) is 0 Å². The van der Waals surface area contributed by atoms with Crippen LogP contribution in [0.2, 0.25) is 0 Å². The summed E-state index contributed by atoms with van der Waals surface area (Å²) in [5.74, 6) is -0.250. The molecule has 0 saturated heterocycles. The Balaban J connectivity index is 2.89. The number of benzene rings is 1. The summed E-state index contributed by atoms with van der Waals surface area (Å²) in [6.45, 7) is 6.62. The largest absolute Gasteiger partial charge is 0.385 e. The third-order valence-electron chi connectivity index (χ3n) is 2.66. The Morgan fingerprint density at radius 1 is 1.35 bits per heavy atom. The molecular formula is C13H14BrFN2. The summed E-state index contributed by atoms with van der Waals surface area (Å²) in [4.78, 5) is 4.48. The molecule has 1 aromatic heterocycles. The maximum atomic E-state index is 13.7. The molecule has 1 N–H and O–H groups in total. The molecule has 0 spiro atoms. The molecule has 0 unspecified atom stereocenters. The van der Waals surface area contributed by atoms with Crippen LogP contribution in [0, 0.1) is 19.7 Å². The Kier molecular flexibility index (Phi) is 3.33. The maximum absolute atomic E-state index is 13.7. The fourth-order valence-corrected chi connectivity index (χ4v) is 2.47. The molecule has 2 rings (SSSR count). The average molecular weight is 297 g/mol. The fourth-order valence-electron chi connectivity index (χ4n) is 1.95. The maximum Gasteiger partial charge on any atom is 0.138 e. The number of rotatable bonds is 2. The number of pyridine rings is 1. The van der Waals surface area contributed by atoms with E-state index in [4.69, 9.17) is 0 Å². The van der Waals surface area contributed by atoms with E-state index in [1.54, 1.807) is 0 Å². The summed E-state index contributed by atoms with van der Waals surface area (Å²) >= 11 is 3.31. The highest BCUT2D eigenvalue weighted by Crippen LogP contribution is 2.34. The smallest absolute Gasteiger partial charge is 0.138 e. The first-order valence-corrected chi connectivity index (χ1v) is 6.33. The molecular weight excluding hydrogens is 283 g/mol. The van der Waals surface area contributed by atoms with Crippen molar-refractivity contribution >= 4 is 32.5 Å². The normalized spacial score (nSPS) is 10.9. The number of nitrogens with one attached hydrogen (secondary N) is 1. The van der Waals surface area contributed by atoms with E-state index in [0.717, 1.165) is 34.4 Å². The third kappa shape index (κ3) is 2.14. The molecule has 4 heteroatoms. The molecule has 0 atom stereocenters. The van der Waals surface area contributed by atoms with Gasteiger partial charge in [0.2, 0.25) is 0 Å². The molecule has 17 heavy (non-hydrogen) atoms. The number of halogens is 2. The minimum atomic E-state index is -0.250. The lowest BCUT2D eigenvalue weighted by atomic mass is 10.1. The van der Waals surface area contributed by atoms with Gasteiger partial charge in [0.15, 0.2) is 0 Å². The molecule has 0 radical (unpaired) electrons. The average Bonchev–Trinajstić information content (AvgIpc) is 2.26. The number of fused-ring (bicyclic) bond motifs is 1. The van der Waals surface area contributed by atoms with Crippen molar-refractivity contribution in [3.8, 4) is 0 Å². The lowest BCUT2D eigenvalue weighted by Gasteiger charge is -2.12. The number of hydrogen-bond acceptors (Lipinski definition) is 2. The Hall–Kier alpha value is -1.16. The van der Waals surface area contributed by atoms with Crippen LogP contribution in [0.25, 0.3) is 10.9 Å². The van der Waals surface area contributed by atoms with Crippen molar-refractivity contribution in [2.75, 3.05) is 11.9 Å². The van der Waals surface area contributed by atoms with Gasteiger partial charge < -0.3 is 5.32 Å². The van der Waals surface area contributed by atoms with E-state index in [9.17, 15) is 4.39 Å². The van der Waals surface area contributed by atoms with Crippen LogP contribution in [0.15, 0.2) is 16.6 Å². The second kappa shape index (κ2) is 4.61. The van der Waals surface area contributed by atoms with E-state index < -0.39 is 0 Å². The number of aryl methyl sites for hydroxylation is 2. The summed E-state index contributed by atoms with van der Waals surface area (Å²) in [7, 11) is 0. The van der Waals surface area contributed by atoms with Gasteiger partial charge in [-0.1, -0.05) is 0 Å². The molecule has 0 aliphatic rings. The van der Waals surface area contributed by atoms with E-state index >= 15 is 0 Å². The number of aromatic nitrogens is 1. The number of anilines is 1. The van der Waals surface area contributed by atoms with Crippen molar-refractivity contribution < 1.29 is 4.39 Å². The van der Waals surface area contributed by atoms with Gasteiger partial charge in [-0.3, -0.25) is 4.98 Å². The lowest BCUT2D eigenvalue weighted by Crippen LogP contribution is -2.01. The summed E-state index contributed by atoms with van der Waals surface area (Å²) in [5.41, 5.74) is 3.54. The molecule has 2 aromatic rings. The Morgan fingerprint density at radius 2 is 2.06 bits per heavy atom. The van der Waals surface area contributed by atoms with Crippen LogP contribution >= 0.6 is 15.9 Å². The van der Waals surface area contributed by atoms with Gasteiger partial charge in [0.05, 0.1) is 9.99 Å². The SMILES string of the molecule is CCNc1cc(C)nc2c(C)cc(F)c(Br)c12. The van der Waals surface area contributed by atoms with Crippen LogP contribution < -0.4 is 5.32 Å². The van der Waals surface area contributed by atoms with Gasteiger partial charge >= 0.3 is 0 Å². The van der Waals surface area contributed by atoms with Crippen molar-refractivity contribution in [1.29, 1.82) is 0 Å². The van der Waals surface area contributed by atoms with Gasteiger partial charge in [0, 0.05) is 23.3 Å². The second-order valence-electron chi connectivity index (χ2n) is 4.05. The highest BCUT2D eigenvalue weighted by molar-refractivity contribution is 9.10. The summed E-state index contributed by atoms with van der Waals surface area (Å²) < 4.78 is 14.2. The highest BCUT2D eigenvalue weighted by Gasteiger charge is 2.13. The van der Waals surface area contributed by atoms with E-state index in [2.05, 4.69) is 26.2 Å². The molecule has 0 saturated carbocycles. The molecule has 0 fully saturated rings. The van der Waals surface area contributed by atoms with Crippen LogP contribution in [0.5, 0.6) is 0 Å². The van der Waals surface area contributed by atoms with E-state index in [0.29, 0.717) is 4.47 Å². The van der Waals surface area contributed by atoms with Crippen LogP contribution in [0.1, 0.15) is 18.2 Å². The third-order valence-corrected chi connectivity index (χ3v) is 3.44. The minimum absolute atomic E-state index is 0.250. The van der Waals surface area contributed by atoms with E-state index in [1.165, 1.54) is 6.07 Å². The zero-order chi connectivity index (χ0) is 12.6. The number of hydrogen-bond donors (Lipinski definition) is 1. The molecule has 0 aliphatic carbocycles. The molecule has 0 bridgehead atoms. The summed E-state index contributed by atoms with van der Waals surface area (Å²) in [5, 5.41) is 4.06. The van der Waals surface area contributed by atoms with Gasteiger partial charge in [-0.25, -0.2) is 4.39 Å². The molecule has 0 amide bonds. The molecule has 2 nitrogen and oxygen atoms in total. The first kappa shape index (κ1) is 12.3. The molecule has 1 aromatic carbocycles. The lowest BCUT2D eigenvalue weighted by molar-refractivity contribution is 0.622. The van der Waals surface area contributed by atoms with Crippen LogP contribution in [-0.4, -0.2) is 11.5 Å². The number of nitrogens with zero attached hydrogens (tertiary/aromatic N) is 1. The molecule has 1 heterocycles. The van der Waals surface area contributed by atoms with Crippen molar-refractivity contribution in [2.45, 2.75) is 20.8 Å². The quantitative estimate of drug-likeness (QED) is 0.899. The zero-order valence-corrected chi connectivity index (χ0v) is 11.7. The van der Waals surface area contributed by atoms with Gasteiger partial charge in [0.1, 0.15) is 5.82 Å². The van der Waals surface area contributed by atoms with Gasteiger partial charge in [-0.05, 0) is 54.4 Å². The predicted octanol–water partition coefficient (Wildman–Crippen LogP) is 4.19. The van der Waals surface area contributed by atoms with Crippen LogP contribution in [-0.2, 0) is 0 Å². The second-order valence-corrected chi connectivity index (χ2v) is 4.85. The van der Waals surface area contributed by atoms with Crippen molar-refractivity contribution in [1.82, 2.24) is 4.98 Å². The van der Waals surface area contributed by atoms with Crippen LogP contribution in [0.4, 0.5) is 10.1 Å². The fraction of sp³-hybridized carbons (Fsp3) is 0.308.